The van der Waals surface area contributed by atoms with E-state index in [0.717, 1.165) is 33.4 Å². The van der Waals surface area contributed by atoms with E-state index < -0.39 is 0 Å². The molecule has 0 bridgehead atoms. The summed E-state index contributed by atoms with van der Waals surface area (Å²) in [7, 11) is 1.65. The number of amides is 1. The molecule has 0 radical (unpaired) electrons. The van der Waals surface area contributed by atoms with E-state index in [9.17, 15) is 4.79 Å². The second kappa shape index (κ2) is 9.38. The highest BCUT2D eigenvalue weighted by Gasteiger charge is 2.25. The number of carbonyl (C=O) groups is 1. The zero-order chi connectivity index (χ0) is 22.6. The molecule has 2 aromatic carbocycles. The molecule has 1 aliphatic rings. The van der Waals surface area contributed by atoms with Gasteiger partial charge in [-0.1, -0.05) is 30.3 Å². The zero-order valence-electron chi connectivity index (χ0n) is 18.2. The second-order valence-corrected chi connectivity index (χ2v) is 8.55. The fraction of sp³-hybridized carbons (Fsp3) is 0.200. The fourth-order valence-corrected chi connectivity index (χ4v) is 4.60. The largest absolute Gasteiger partial charge is 0.497 e. The van der Waals surface area contributed by atoms with Crippen LogP contribution in [0.2, 0.25) is 0 Å². The summed E-state index contributed by atoms with van der Waals surface area (Å²) < 4.78 is 5.20. The number of hydrogen-bond donors (Lipinski definition) is 0. The van der Waals surface area contributed by atoms with E-state index >= 15 is 0 Å². The van der Waals surface area contributed by atoms with Crippen LogP contribution in [0.25, 0.3) is 21.8 Å². The first kappa shape index (κ1) is 21.1. The Bertz CT molecular complexity index is 1220. The van der Waals surface area contributed by atoms with Gasteiger partial charge in [-0.15, -0.1) is 21.5 Å². The standard InChI is InChI=1S/C25H23N5O2S/c1-32-20-9-7-18(8-10-20)21-11-12-23(28-27-21)29-13-15-30(16-14-29)25(31)22-17-33-24(26-22)19-5-3-2-4-6-19/h2-12,17H,13-16H2,1H3. The predicted octanol–water partition coefficient (Wildman–Crippen LogP) is 4.24. The molecule has 3 heterocycles. The van der Waals surface area contributed by atoms with Gasteiger partial charge >= 0.3 is 0 Å². The Morgan fingerprint density at radius 1 is 0.879 bits per heavy atom. The summed E-state index contributed by atoms with van der Waals surface area (Å²) in [6.45, 7) is 2.66. The zero-order valence-corrected chi connectivity index (χ0v) is 19.0. The van der Waals surface area contributed by atoms with E-state index in [1.165, 1.54) is 11.3 Å². The normalized spacial score (nSPS) is 13.7. The third kappa shape index (κ3) is 4.56. The molecule has 0 spiro atoms. The molecule has 0 aliphatic carbocycles. The lowest BCUT2D eigenvalue weighted by atomic mass is 10.1. The van der Waals surface area contributed by atoms with E-state index in [1.54, 1.807) is 7.11 Å². The Labute approximate surface area is 196 Å². The molecule has 1 fully saturated rings. The van der Waals surface area contributed by atoms with Crippen molar-refractivity contribution in [2.45, 2.75) is 0 Å². The molecule has 1 saturated heterocycles. The number of nitrogens with zero attached hydrogens (tertiary/aromatic N) is 5. The van der Waals surface area contributed by atoms with E-state index in [2.05, 4.69) is 20.1 Å². The van der Waals surface area contributed by atoms with Gasteiger partial charge in [0.05, 0.1) is 12.8 Å². The second-order valence-electron chi connectivity index (χ2n) is 7.69. The number of hydrogen-bond acceptors (Lipinski definition) is 7. The lowest BCUT2D eigenvalue weighted by molar-refractivity contribution is 0.0741. The maximum absolute atomic E-state index is 12.9. The van der Waals surface area contributed by atoms with Crippen LogP contribution in [-0.4, -0.2) is 59.3 Å². The van der Waals surface area contributed by atoms with Crippen molar-refractivity contribution in [3.63, 3.8) is 0 Å². The molecular weight excluding hydrogens is 434 g/mol. The number of aromatic nitrogens is 3. The first-order chi connectivity index (χ1) is 16.2. The number of methoxy groups -OCH3 is 1. The SMILES string of the molecule is COc1ccc(-c2ccc(N3CCN(C(=O)c4csc(-c5ccccc5)n4)CC3)nn2)cc1. The molecule has 33 heavy (non-hydrogen) atoms. The molecule has 0 N–H and O–H groups in total. The van der Waals surface area contributed by atoms with Crippen LogP contribution in [0.1, 0.15) is 10.5 Å². The summed E-state index contributed by atoms with van der Waals surface area (Å²) >= 11 is 1.50. The fourth-order valence-electron chi connectivity index (χ4n) is 3.80. The van der Waals surface area contributed by atoms with Crippen molar-refractivity contribution in [2.24, 2.45) is 0 Å². The van der Waals surface area contributed by atoms with Crippen molar-refractivity contribution in [3.8, 4) is 27.6 Å². The lowest BCUT2D eigenvalue weighted by Crippen LogP contribution is -2.49. The molecule has 1 amide bonds. The van der Waals surface area contributed by atoms with Crippen molar-refractivity contribution >= 4 is 23.1 Å². The quantitative estimate of drug-likeness (QED) is 0.446. The number of ether oxygens (including phenoxy) is 1. The Balaban J connectivity index is 1.20. The highest BCUT2D eigenvalue weighted by Crippen LogP contribution is 2.25. The van der Waals surface area contributed by atoms with Crippen LogP contribution < -0.4 is 9.64 Å². The first-order valence-electron chi connectivity index (χ1n) is 10.7. The smallest absolute Gasteiger partial charge is 0.273 e. The average molecular weight is 458 g/mol. The molecular formula is C25H23N5O2S. The van der Waals surface area contributed by atoms with Crippen LogP contribution in [0.15, 0.2) is 72.1 Å². The van der Waals surface area contributed by atoms with Crippen molar-refractivity contribution in [1.82, 2.24) is 20.1 Å². The van der Waals surface area contributed by atoms with Gasteiger partial charge in [-0.05, 0) is 36.4 Å². The summed E-state index contributed by atoms with van der Waals surface area (Å²) in [5.74, 6) is 1.61. The third-order valence-electron chi connectivity index (χ3n) is 5.67. The molecule has 8 heteroatoms. The van der Waals surface area contributed by atoms with Crippen LogP contribution in [0.5, 0.6) is 5.75 Å². The van der Waals surface area contributed by atoms with Crippen LogP contribution in [0, 0.1) is 0 Å². The van der Waals surface area contributed by atoms with Gasteiger partial charge in [-0.3, -0.25) is 4.79 Å². The minimum absolute atomic E-state index is 0.0194. The molecule has 0 atom stereocenters. The van der Waals surface area contributed by atoms with Gasteiger partial charge in [0.1, 0.15) is 16.5 Å². The summed E-state index contributed by atoms with van der Waals surface area (Å²) in [6, 6.07) is 21.6. The van der Waals surface area contributed by atoms with Crippen LogP contribution in [0.4, 0.5) is 5.82 Å². The van der Waals surface area contributed by atoms with Crippen LogP contribution in [-0.2, 0) is 0 Å². The van der Waals surface area contributed by atoms with Gasteiger partial charge in [-0.25, -0.2) is 4.98 Å². The summed E-state index contributed by atoms with van der Waals surface area (Å²) in [4.78, 5) is 21.5. The van der Waals surface area contributed by atoms with Crippen molar-refractivity contribution < 1.29 is 9.53 Å². The van der Waals surface area contributed by atoms with Crippen molar-refractivity contribution in [1.29, 1.82) is 0 Å². The van der Waals surface area contributed by atoms with E-state index in [-0.39, 0.29) is 5.91 Å². The number of thiazole rings is 1. The summed E-state index contributed by atoms with van der Waals surface area (Å²) in [6.07, 6.45) is 0. The lowest BCUT2D eigenvalue weighted by Gasteiger charge is -2.34. The van der Waals surface area contributed by atoms with Gasteiger partial charge in [0.25, 0.3) is 5.91 Å². The maximum atomic E-state index is 12.9. The maximum Gasteiger partial charge on any atom is 0.273 e. The summed E-state index contributed by atoms with van der Waals surface area (Å²) in [5, 5.41) is 11.5. The Morgan fingerprint density at radius 2 is 1.64 bits per heavy atom. The topological polar surface area (TPSA) is 71.5 Å². The molecule has 5 rings (SSSR count). The van der Waals surface area contributed by atoms with Gasteiger partial charge < -0.3 is 14.5 Å². The minimum atomic E-state index is -0.0194. The molecule has 1 aliphatic heterocycles. The number of rotatable bonds is 5. The summed E-state index contributed by atoms with van der Waals surface area (Å²) in [5.41, 5.74) is 3.34. The number of benzene rings is 2. The molecule has 0 saturated carbocycles. The van der Waals surface area contributed by atoms with Crippen molar-refractivity contribution in [2.75, 3.05) is 38.2 Å². The minimum Gasteiger partial charge on any atom is -0.497 e. The number of anilines is 1. The van der Waals surface area contributed by atoms with E-state index in [4.69, 9.17) is 4.74 Å². The molecule has 166 valence electrons. The van der Waals surface area contributed by atoms with Gasteiger partial charge in [0.2, 0.25) is 0 Å². The molecule has 2 aromatic heterocycles. The molecule has 4 aromatic rings. The Kier molecular flexibility index (Phi) is 5.99. The average Bonchev–Trinajstić information content (AvgIpc) is 3.40. The van der Waals surface area contributed by atoms with Crippen molar-refractivity contribution in [3.05, 3.63) is 77.8 Å². The van der Waals surface area contributed by atoms with E-state index in [0.29, 0.717) is 31.9 Å². The Hall–Kier alpha value is -3.78. The number of piperazine rings is 1. The van der Waals surface area contributed by atoms with Gasteiger partial charge in [-0.2, -0.15) is 0 Å². The van der Waals surface area contributed by atoms with E-state index in [1.807, 2.05) is 77.0 Å². The van der Waals surface area contributed by atoms with Crippen LogP contribution in [0.3, 0.4) is 0 Å². The molecule has 0 unspecified atom stereocenters. The monoisotopic (exact) mass is 457 g/mol. The first-order valence-corrected chi connectivity index (χ1v) is 11.6. The highest BCUT2D eigenvalue weighted by molar-refractivity contribution is 7.13. The third-order valence-corrected chi connectivity index (χ3v) is 6.56. The van der Waals surface area contributed by atoms with Gasteiger partial charge in [0, 0.05) is 42.7 Å². The predicted molar refractivity (Wildman–Crippen MR) is 130 cm³/mol. The van der Waals surface area contributed by atoms with Gasteiger partial charge in [0.15, 0.2) is 5.82 Å². The number of carbonyl (C=O) groups excluding carboxylic acids is 1. The van der Waals surface area contributed by atoms with Crippen LogP contribution >= 0.6 is 11.3 Å². The molecule has 7 nitrogen and oxygen atoms in total. The Morgan fingerprint density at radius 3 is 2.30 bits per heavy atom. The highest BCUT2D eigenvalue weighted by atomic mass is 32.1.